The number of nitrogens with one attached hydrogen (secondary N) is 1. The smallest absolute Gasteiger partial charge is 0.254 e. The topological polar surface area (TPSA) is 32.3 Å². The van der Waals surface area contributed by atoms with Gasteiger partial charge in [-0.25, -0.2) is 4.39 Å². The van der Waals surface area contributed by atoms with E-state index in [2.05, 4.69) is 35.1 Å². The third-order valence-corrected chi connectivity index (χ3v) is 3.62. The second-order valence-corrected chi connectivity index (χ2v) is 5.66. The SMILES string of the molecule is C[C@@H]1CN(C(=O)c2ccc(F)c(Br)c2)C[C@H](C)N1. The fourth-order valence-electron chi connectivity index (χ4n) is 2.30. The van der Waals surface area contributed by atoms with Crippen LogP contribution in [0.3, 0.4) is 0 Å². The van der Waals surface area contributed by atoms with Gasteiger partial charge in [0, 0.05) is 30.7 Å². The zero-order valence-corrected chi connectivity index (χ0v) is 12.0. The van der Waals surface area contributed by atoms with Crippen molar-refractivity contribution in [2.75, 3.05) is 13.1 Å². The second kappa shape index (κ2) is 5.36. The molecule has 0 radical (unpaired) electrons. The number of amides is 1. The molecule has 0 bridgehead atoms. The Morgan fingerprint density at radius 2 is 2.00 bits per heavy atom. The lowest BCUT2D eigenvalue weighted by Crippen LogP contribution is -2.55. The monoisotopic (exact) mass is 314 g/mol. The molecule has 1 aliphatic heterocycles. The van der Waals surface area contributed by atoms with Gasteiger partial charge in [0.2, 0.25) is 0 Å². The van der Waals surface area contributed by atoms with Gasteiger partial charge in [0.1, 0.15) is 5.82 Å². The second-order valence-electron chi connectivity index (χ2n) is 4.81. The molecule has 2 atom stereocenters. The highest BCUT2D eigenvalue weighted by Gasteiger charge is 2.25. The number of nitrogens with zero attached hydrogens (tertiary/aromatic N) is 1. The highest BCUT2D eigenvalue weighted by molar-refractivity contribution is 9.10. The van der Waals surface area contributed by atoms with Crippen molar-refractivity contribution in [3.05, 3.63) is 34.1 Å². The van der Waals surface area contributed by atoms with Crippen molar-refractivity contribution in [3.63, 3.8) is 0 Å². The zero-order valence-electron chi connectivity index (χ0n) is 10.4. The molecule has 0 spiro atoms. The van der Waals surface area contributed by atoms with E-state index in [0.29, 0.717) is 23.1 Å². The van der Waals surface area contributed by atoms with Crippen LogP contribution in [0.25, 0.3) is 0 Å². The summed E-state index contributed by atoms with van der Waals surface area (Å²) < 4.78 is 13.5. The molecule has 5 heteroatoms. The average Bonchev–Trinajstić information content (AvgIpc) is 2.30. The normalized spacial score (nSPS) is 24.1. The van der Waals surface area contributed by atoms with Crippen LogP contribution in [-0.4, -0.2) is 36.0 Å². The zero-order chi connectivity index (χ0) is 13.3. The minimum absolute atomic E-state index is 0.0455. The summed E-state index contributed by atoms with van der Waals surface area (Å²) in [5, 5.41) is 3.37. The third kappa shape index (κ3) is 2.90. The molecule has 1 aromatic rings. The molecule has 2 rings (SSSR count). The van der Waals surface area contributed by atoms with E-state index in [0.717, 1.165) is 0 Å². The van der Waals surface area contributed by atoms with Crippen molar-refractivity contribution >= 4 is 21.8 Å². The minimum Gasteiger partial charge on any atom is -0.336 e. The Morgan fingerprint density at radius 1 is 1.39 bits per heavy atom. The van der Waals surface area contributed by atoms with Gasteiger partial charge in [-0.05, 0) is 48.0 Å². The Kier molecular flexibility index (Phi) is 4.02. The molecular weight excluding hydrogens is 299 g/mol. The molecule has 0 unspecified atom stereocenters. The summed E-state index contributed by atoms with van der Waals surface area (Å²) in [6.07, 6.45) is 0. The minimum atomic E-state index is -0.353. The molecule has 1 N–H and O–H groups in total. The van der Waals surface area contributed by atoms with Gasteiger partial charge in [-0.1, -0.05) is 0 Å². The quantitative estimate of drug-likeness (QED) is 0.863. The summed E-state index contributed by atoms with van der Waals surface area (Å²) in [5.74, 6) is -0.399. The van der Waals surface area contributed by atoms with Crippen LogP contribution in [0.2, 0.25) is 0 Å². The summed E-state index contributed by atoms with van der Waals surface area (Å²) in [4.78, 5) is 14.1. The maximum Gasteiger partial charge on any atom is 0.254 e. The average molecular weight is 315 g/mol. The van der Waals surface area contributed by atoms with Gasteiger partial charge in [-0.15, -0.1) is 0 Å². The molecule has 0 saturated carbocycles. The lowest BCUT2D eigenvalue weighted by Gasteiger charge is -2.36. The summed E-state index contributed by atoms with van der Waals surface area (Å²) in [5.41, 5.74) is 0.518. The fraction of sp³-hybridized carbons (Fsp3) is 0.462. The highest BCUT2D eigenvalue weighted by atomic mass is 79.9. The molecule has 3 nitrogen and oxygen atoms in total. The van der Waals surface area contributed by atoms with Crippen molar-refractivity contribution < 1.29 is 9.18 Å². The molecule has 1 fully saturated rings. The lowest BCUT2D eigenvalue weighted by molar-refractivity contribution is 0.0673. The summed E-state index contributed by atoms with van der Waals surface area (Å²) >= 11 is 3.10. The van der Waals surface area contributed by atoms with Gasteiger partial charge in [-0.3, -0.25) is 4.79 Å². The Morgan fingerprint density at radius 3 is 2.56 bits per heavy atom. The first kappa shape index (κ1) is 13.5. The maximum atomic E-state index is 13.1. The van der Waals surface area contributed by atoms with E-state index < -0.39 is 0 Å². The first-order valence-corrected chi connectivity index (χ1v) is 6.77. The maximum absolute atomic E-state index is 13.1. The molecule has 1 amide bonds. The van der Waals surface area contributed by atoms with Gasteiger partial charge in [0.05, 0.1) is 4.47 Å². The van der Waals surface area contributed by atoms with Crippen molar-refractivity contribution in [2.24, 2.45) is 0 Å². The fourth-order valence-corrected chi connectivity index (χ4v) is 2.68. The van der Waals surface area contributed by atoms with E-state index in [9.17, 15) is 9.18 Å². The third-order valence-electron chi connectivity index (χ3n) is 3.01. The summed E-state index contributed by atoms with van der Waals surface area (Å²) in [7, 11) is 0. The highest BCUT2D eigenvalue weighted by Crippen LogP contribution is 2.19. The Bertz CT molecular complexity index is 456. The summed E-state index contributed by atoms with van der Waals surface area (Å²) in [6, 6.07) is 4.93. The molecule has 98 valence electrons. The molecule has 18 heavy (non-hydrogen) atoms. The van der Waals surface area contributed by atoms with E-state index in [1.54, 1.807) is 0 Å². The number of hydrogen-bond acceptors (Lipinski definition) is 2. The van der Waals surface area contributed by atoms with Gasteiger partial charge in [-0.2, -0.15) is 0 Å². The number of benzene rings is 1. The molecule has 1 aromatic carbocycles. The van der Waals surface area contributed by atoms with E-state index in [4.69, 9.17) is 0 Å². The molecule has 0 aliphatic carbocycles. The van der Waals surface area contributed by atoms with Crippen LogP contribution >= 0.6 is 15.9 Å². The predicted octanol–water partition coefficient (Wildman–Crippen LogP) is 2.41. The number of piperazine rings is 1. The van der Waals surface area contributed by atoms with E-state index in [1.807, 2.05) is 4.90 Å². The van der Waals surface area contributed by atoms with Crippen LogP contribution in [0, 0.1) is 5.82 Å². The first-order chi connectivity index (χ1) is 8.47. The number of carbonyl (C=O) groups excluding carboxylic acids is 1. The van der Waals surface area contributed by atoms with Crippen molar-refractivity contribution in [3.8, 4) is 0 Å². The van der Waals surface area contributed by atoms with Gasteiger partial charge in [0.15, 0.2) is 0 Å². The Hall–Kier alpha value is -0.940. The number of carbonyl (C=O) groups is 1. The van der Waals surface area contributed by atoms with E-state index in [1.165, 1.54) is 18.2 Å². The first-order valence-electron chi connectivity index (χ1n) is 5.97. The van der Waals surface area contributed by atoms with Crippen molar-refractivity contribution in [1.82, 2.24) is 10.2 Å². The molecule has 1 aliphatic rings. The van der Waals surface area contributed by atoms with Crippen LogP contribution in [0.5, 0.6) is 0 Å². The van der Waals surface area contributed by atoms with Gasteiger partial charge in [0.25, 0.3) is 5.91 Å². The largest absolute Gasteiger partial charge is 0.336 e. The molecule has 1 saturated heterocycles. The molecular formula is C13H16BrFN2O. The molecule has 0 aromatic heterocycles. The van der Waals surface area contributed by atoms with Crippen molar-refractivity contribution in [2.45, 2.75) is 25.9 Å². The number of rotatable bonds is 1. The molecule has 1 heterocycles. The van der Waals surface area contributed by atoms with E-state index >= 15 is 0 Å². The lowest BCUT2D eigenvalue weighted by atomic mass is 10.1. The predicted molar refractivity (Wildman–Crippen MR) is 72.1 cm³/mol. The van der Waals surface area contributed by atoms with Crippen LogP contribution in [-0.2, 0) is 0 Å². The van der Waals surface area contributed by atoms with Crippen molar-refractivity contribution in [1.29, 1.82) is 0 Å². The van der Waals surface area contributed by atoms with Crippen LogP contribution in [0.15, 0.2) is 22.7 Å². The van der Waals surface area contributed by atoms with Gasteiger partial charge >= 0.3 is 0 Å². The number of hydrogen-bond donors (Lipinski definition) is 1. The Balaban J connectivity index is 2.17. The van der Waals surface area contributed by atoms with Crippen LogP contribution in [0.1, 0.15) is 24.2 Å². The Labute approximate surface area is 114 Å². The van der Waals surface area contributed by atoms with E-state index in [-0.39, 0.29) is 23.8 Å². The van der Waals surface area contributed by atoms with Gasteiger partial charge < -0.3 is 10.2 Å². The van der Waals surface area contributed by atoms with Crippen LogP contribution < -0.4 is 5.32 Å². The summed E-state index contributed by atoms with van der Waals surface area (Å²) in [6.45, 7) is 5.46. The van der Waals surface area contributed by atoms with Crippen LogP contribution in [0.4, 0.5) is 4.39 Å². The standard InChI is InChI=1S/C13H16BrFN2O/c1-8-6-17(7-9(2)16-8)13(18)10-3-4-12(15)11(14)5-10/h3-5,8-9,16H,6-7H2,1-2H3/t8-,9+. The number of halogens is 2.